The van der Waals surface area contributed by atoms with Crippen LogP contribution in [-0.4, -0.2) is 9.55 Å². The Balaban J connectivity index is 2.18. The van der Waals surface area contributed by atoms with Gasteiger partial charge >= 0.3 is 0 Å². The van der Waals surface area contributed by atoms with Crippen LogP contribution in [0.5, 0.6) is 0 Å². The summed E-state index contributed by atoms with van der Waals surface area (Å²) in [5.41, 5.74) is 7.36. The first-order chi connectivity index (χ1) is 10.6. The maximum atomic E-state index is 12.8. The smallest absolute Gasteiger partial charge is 0.262 e. The lowest BCUT2D eigenvalue weighted by atomic mass is 10.0. The van der Waals surface area contributed by atoms with Gasteiger partial charge in [-0.05, 0) is 22.9 Å². The van der Waals surface area contributed by atoms with Crippen LogP contribution in [0.4, 0.5) is 0 Å². The maximum Gasteiger partial charge on any atom is 0.262 e. The number of nitrogens with two attached hydrogens (primary N) is 1. The minimum atomic E-state index is -0.261. The van der Waals surface area contributed by atoms with Crippen molar-refractivity contribution < 1.29 is 0 Å². The molecule has 0 unspecified atom stereocenters. The van der Waals surface area contributed by atoms with Gasteiger partial charge in [0, 0.05) is 0 Å². The number of benzene rings is 1. The van der Waals surface area contributed by atoms with Gasteiger partial charge in [0.2, 0.25) is 0 Å². The van der Waals surface area contributed by atoms with Crippen molar-refractivity contribution in [3.05, 3.63) is 63.5 Å². The lowest BCUT2D eigenvalue weighted by Crippen LogP contribution is -2.31. The van der Waals surface area contributed by atoms with E-state index < -0.39 is 0 Å². The van der Waals surface area contributed by atoms with Gasteiger partial charge in [-0.3, -0.25) is 9.36 Å². The average Bonchev–Trinajstić information content (AvgIpc) is 2.99. The van der Waals surface area contributed by atoms with Crippen molar-refractivity contribution in [3.63, 3.8) is 0 Å². The van der Waals surface area contributed by atoms with Crippen molar-refractivity contribution in [2.75, 3.05) is 0 Å². The van der Waals surface area contributed by atoms with Crippen molar-refractivity contribution in [2.24, 2.45) is 11.7 Å². The number of fused-ring (bicyclic) bond motifs is 1. The van der Waals surface area contributed by atoms with Gasteiger partial charge < -0.3 is 5.73 Å². The van der Waals surface area contributed by atoms with Gasteiger partial charge in [-0.2, -0.15) is 0 Å². The van der Waals surface area contributed by atoms with Gasteiger partial charge in [-0.1, -0.05) is 44.2 Å². The Kier molecular flexibility index (Phi) is 4.09. The number of thiophene rings is 1. The molecule has 1 aromatic carbocycles. The van der Waals surface area contributed by atoms with E-state index in [0.717, 1.165) is 10.4 Å². The summed E-state index contributed by atoms with van der Waals surface area (Å²) in [4.78, 5) is 18.2. The molecule has 0 bridgehead atoms. The Labute approximate surface area is 133 Å². The SMILES string of the molecule is CC(C)[C@@H](N)c1nc2sccc2c(=O)n1Cc1ccccc1. The van der Waals surface area contributed by atoms with Crippen LogP contribution in [0.2, 0.25) is 0 Å². The molecule has 2 aromatic heterocycles. The summed E-state index contributed by atoms with van der Waals surface area (Å²) < 4.78 is 1.72. The Morgan fingerprint density at radius 3 is 2.64 bits per heavy atom. The highest BCUT2D eigenvalue weighted by atomic mass is 32.1. The maximum absolute atomic E-state index is 12.8. The van der Waals surface area contributed by atoms with Gasteiger partial charge in [-0.15, -0.1) is 11.3 Å². The molecule has 0 spiro atoms. The molecule has 0 fully saturated rings. The van der Waals surface area contributed by atoms with Crippen molar-refractivity contribution in [2.45, 2.75) is 26.4 Å². The molecule has 0 saturated heterocycles. The summed E-state index contributed by atoms with van der Waals surface area (Å²) in [5, 5.41) is 2.57. The van der Waals surface area contributed by atoms with Gasteiger partial charge in [0.05, 0.1) is 18.0 Å². The molecule has 4 nitrogen and oxygen atoms in total. The molecule has 22 heavy (non-hydrogen) atoms. The third-order valence-corrected chi connectivity index (χ3v) is 4.62. The van der Waals surface area contributed by atoms with E-state index in [2.05, 4.69) is 4.98 Å². The van der Waals surface area contributed by atoms with E-state index in [1.54, 1.807) is 4.57 Å². The lowest BCUT2D eigenvalue weighted by Gasteiger charge is -2.20. The van der Waals surface area contributed by atoms with E-state index in [1.807, 2.05) is 55.6 Å². The summed E-state index contributed by atoms with van der Waals surface area (Å²) >= 11 is 1.48. The molecular formula is C17H19N3OS. The highest BCUT2D eigenvalue weighted by molar-refractivity contribution is 7.16. The summed E-state index contributed by atoms with van der Waals surface area (Å²) in [6.45, 7) is 4.58. The zero-order chi connectivity index (χ0) is 15.7. The van der Waals surface area contributed by atoms with Gasteiger partial charge in [0.1, 0.15) is 10.7 Å². The van der Waals surface area contributed by atoms with E-state index in [-0.39, 0.29) is 17.5 Å². The number of hydrogen-bond donors (Lipinski definition) is 1. The summed E-state index contributed by atoms with van der Waals surface area (Å²) in [6, 6.07) is 11.5. The van der Waals surface area contributed by atoms with Crippen LogP contribution in [0.1, 0.15) is 31.3 Å². The molecule has 0 amide bonds. The van der Waals surface area contributed by atoms with Crippen LogP contribution in [0.15, 0.2) is 46.6 Å². The number of hydrogen-bond acceptors (Lipinski definition) is 4. The molecule has 0 aliphatic carbocycles. The van der Waals surface area contributed by atoms with Crippen molar-refractivity contribution >= 4 is 21.6 Å². The Morgan fingerprint density at radius 1 is 1.23 bits per heavy atom. The number of rotatable bonds is 4. The number of aromatic nitrogens is 2. The fourth-order valence-electron chi connectivity index (χ4n) is 2.44. The van der Waals surface area contributed by atoms with Crippen molar-refractivity contribution in [1.82, 2.24) is 9.55 Å². The third kappa shape index (κ3) is 2.69. The van der Waals surface area contributed by atoms with E-state index in [9.17, 15) is 4.79 Å². The number of nitrogens with zero attached hydrogens (tertiary/aromatic N) is 2. The highest BCUT2D eigenvalue weighted by Crippen LogP contribution is 2.22. The Morgan fingerprint density at radius 2 is 1.95 bits per heavy atom. The van der Waals surface area contributed by atoms with Gasteiger partial charge in [0.15, 0.2) is 0 Å². The first-order valence-corrected chi connectivity index (χ1v) is 8.23. The summed E-state index contributed by atoms with van der Waals surface area (Å²) in [5.74, 6) is 0.880. The summed E-state index contributed by atoms with van der Waals surface area (Å²) in [7, 11) is 0. The van der Waals surface area contributed by atoms with Gasteiger partial charge in [-0.25, -0.2) is 4.98 Å². The molecule has 2 N–H and O–H groups in total. The monoisotopic (exact) mass is 313 g/mol. The molecule has 1 atom stereocenters. The first kappa shape index (κ1) is 14.9. The molecule has 114 valence electrons. The Hall–Kier alpha value is -1.98. The molecule has 3 rings (SSSR count). The summed E-state index contributed by atoms with van der Waals surface area (Å²) in [6.07, 6.45) is 0. The molecule has 0 aliphatic heterocycles. The van der Waals surface area contributed by atoms with E-state index >= 15 is 0 Å². The largest absolute Gasteiger partial charge is 0.321 e. The van der Waals surface area contributed by atoms with E-state index in [1.165, 1.54) is 11.3 Å². The predicted octanol–water partition coefficient (Wildman–Crippen LogP) is 3.16. The van der Waals surface area contributed by atoms with Crippen molar-refractivity contribution in [3.8, 4) is 0 Å². The van der Waals surface area contributed by atoms with Crippen LogP contribution in [0.3, 0.4) is 0 Å². The Bertz CT molecular complexity index is 836. The highest BCUT2D eigenvalue weighted by Gasteiger charge is 2.20. The average molecular weight is 313 g/mol. The van der Waals surface area contributed by atoms with Crippen LogP contribution in [0.25, 0.3) is 10.2 Å². The van der Waals surface area contributed by atoms with Crippen LogP contribution in [-0.2, 0) is 6.54 Å². The standard InChI is InChI=1S/C17H19N3OS/c1-11(2)14(18)15-19-16-13(8-9-22-16)17(21)20(15)10-12-6-4-3-5-7-12/h3-9,11,14H,10,18H2,1-2H3/t14-/m1/s1. The van der Waals surface area contributed by atoms with E-state index in [0.29, 0.717) is 17.8 Å². The minimum absolute atomic E-state index is 0.0128. The lowest BCUT2D eigenvalue weighted by molar-refractivity contribution is 0.464. The molecule has 5 heteroatoms. The van der Waals surface area contributed by atoms with Crippen molar-refractivity contribution in [1.29, 1.82) is 0 Å². The van der Waals surface area contributed by atoms with Crippen LogP contribution in [0, 0.1) is 5.92 Å². The molecule has 2 heterocycles. The van der Waals surface area contributed by atoms with Crippen LogP contribution < -0.4 is 11.3 Å². The first-order valence-electron chi connectivity index (χ1n) is 7.35. The third-order valence-electron chi connectivity index (χ3n) is 3.81. The zero-order valence-corrected chi connectivity index (χ0v) is 13.5. The molecule has 0 saturated carbocycles. The van der Waals surface area contributed by atoms with Gasteiger partial charge in [0.25, 0.3) is 5.56 Å². The second-order valence-corrected chi connectivity index (χ2v) is 6.65. The topological polar surface area (TPSA) is 60.9 Å². The second-order valence-electron chi connectivity index (χ2n) is 5.76. The molecular weight excluding hydrogens is 294 g/mol. The second kappa shape index (κ2) is 6.02. The quantitative estimate of drug-likeness (QED) is 0.805. The minimum Gasteiger partial charge on any atom is -0.321 e. The fraction of sp³-hybridized carbons (Fsp3) is 0.294. The zero-order valence-electron chi connectivity index (χ0n) is 12.7. The van der Waals surface area contributed by atoms with E-state index in [4.69, 9.17) is 5.73 Å². The molecule has 0 aliphatic rings. The molecule has 3 aromatic rings. The van der Waals surface area contributed by atoms with Crippen LogP contribution >= 0.6 is 11.3 Å². The fourth-order valence-corrected chi connectivity index (χ4v) is 3.20. The molecule has 0 radical (unpaired) electrons. The predicted molar refractivity (Wildman–Crippen MR) is 91.2 cm³/mol. The normalized spacial score (nSPS) is 12.9.